The van der Waals surface area contributed by atoms with Gasteiger partial charge in [0.1, 0.15) is 12.0 Å². The summed E-state index contributed by atoms with van der Waals surface area (Å²) in [5.74, 6) is 0.120. The van der Waals surface area contributed by atoms with Gasteiger partial charge in [-0.1, -0.05) is 43.3 Å². The van der Waals surface area contributed by atoms with Gasteiger partial charge in [0.05, 0.1) is 5.71 Å². The zero-order valence-electron chi connectivity index (χ0n) is 12.7. The first-order valence-electron chi connectivity index (χ1n) is 6.87. The Labute approximate surface area is 125 Å². The van der Waals surface area contributed by atoms with Crippen molar-refractivity contribution in [1.29, 1.82) is 0 Å². The molecule has 108 valence electrons. The molecular weight excluding hydrogens is 260 g/mol. The summed E-state index contributed by atoms with van der Waals surface area (Å²) in [7, 11) is 3.63. The minimum absolute atomic E-state index is 0.120. The Morgan fingerprint density at radius 2 is 2.05 bits per heavy atom. The van der Waals surface area contributed by atoms with Crippen LogP contribution < -0.4 is 0 Å². The molecule has 0 aliphatic heterocycles. The maximum Gasteiger partial charge on any atom is 0.109 e. The van der Waals surface area contributed by atoms with Gasteiger partial charge in [0.2, 0.25) is 0 Å². The van der Waals surface area contributed by atoms with Crippen LogP contribution in [0.4, 0.5) is 0 Å². The Hall–Kier alpha value is -2.49. The van der Waals surface area contributed by atoms with E-state index in [0.29, 0.717) is 0 Å². The summed E-state index contributed by atoms with van der Waals surface area (Å²) >= 11 is 0. The lowest BCUT2D eigenvalue weighted by Gasteiger charge is -2.10. The standard InChI is InChI=1S/C17H20N4/c1-5-13(2)16(19-12-18-3)15-11-21(4)20-17(15)14-9-7-6-8-10-14/h5-13H,1H2,2-4H3. The highest BCUT2D eigenvalue weighted by molar-refractivity contribution is 6.09. The van der Waals surface area contributed by atoms with Gasteiger partial charge in [-0.3, -0.25) is 9.67 Å². The van der Waals surface area contributed by atoms with Gasteiger partial charge in [0, 0.05) is 37.3 Å². The predicted molar refractivity (Wildman–Crippen MR) is 89.0 cm³/mol. The van der Waals surface area contributed by atoms with Crippen molar-refractivity contribution in [2.45, 2.75) is 6.92 Å². The Morgan fingerprint density at radius 1 is 1.33 bits per heavy atom. The maximum atomic E-state index is 4.58. The Bertz CT molecular complexity index is 665. The third-order valence-electron chi connectivity index (χ3n) is 3.25. The second-order valence-electron chi connectivity index (χ2n) is 4.84. The van der Waals surface area contributed by atoms with Crippen LogP contribution in [0.5, 0.6) is 0 Å². The fourth-order valence-electron chi connectivity index (χ4n) is 2.15. The molecule has 2 aromatic rings. The minimum atomic E-state index is 0.120. The summed E-state index contributed by atoms with van der Waals surface area (Å²) < 4.78 is 1.81. The van der Waals surface area contributed by atoms with Gasteiger partial charge in [-0.25, -0.2) is 4.99 Å². The molecule has 0 saturated carbocycles. The van der Waals surface area contributed by atoms with Crippen molar-refractivity contribution in [3.8, 4) is 11.3 Å². The summed E-state index contributed by atoms with van der Waals surface area (Å²) in [6.45, 7) is 5.94. The lowest BCUT2D eigenvalue weighted by atomic mass is 9.96. The monoisotopic (exact) mass is 280 g/mol. The van der Waals surface area contributed by atoms with Crippen LogP contribution in [0, 0.1) is 5.92 Å². The van der Waals surface area contributed by atoms with E-state index in [-0.39, 0.29) is 5.92 Å². The molecule has 1 atom stereocenters. The molecule has 1 unspecified atom stereocenters. The van der Waals surface area contributed by atoms with Gasteiger partial charge < -0.3 is 0 Å². The van der Waals surface area contributed by atoms with E-state index in [4.69, 9.17) is 0 Å². The Balaban J connectivity index is 2.59. The molecule has 0 spiro atoms. The van der Waals surface area contributed by atoms with E-state index in [0.717, 1.165) is 22.5 Å². The number of hydrogen-bond acceptors (Lipinski definition) is 2. The number of benzene rings is 1. The van der Waals surface area contributed by atoms with Crippen molar-refractivity contribution in [3.05, 3.63) is 54.7 Å². The lowest BCUT2D eigenvalue weighted by molar-refractivity contribution is 0.770. The van der Waals surface area contributed by atoms with Gasteiger partial charge in [-0.05, 0) is 0 Å². The second-order valence-corrected chi connectivity index (χ2v) is 4.84. The van der Waals surface area contributed by atoms with Crippen LogP contribution in [0.25, 0.3) is 11.3 Å². The average molecular weight is 280 g/mol. The fourth-order valence-corrected chi connectivity index (χ4v) is 2.15. The predicted octanol–water partition coefficient (Wildman–Crippen LogP) is 3.36. The zero-order valence-corrected chi connectivity index (χ0v) is 12.7. The van der Waals surface area contributed by atoms with E-state index in [1.165, 1.54) is 0 Å². The molecule has 0 aliphatic carbocycles. The Kier molecular flexibility index (Phi) is 4.82. The van der Waals surface area contributed by atoms with E-state index in [2.05, 4.69) is 40.7 Å². The van der Waals surface area contributed by atoms with Crippen molar-refractivity contribution in [1.82, 2.24) is 9.78 Å². The van der Waals surface area contributed by atoms with Crippen LogP contribution in [-0.4, -0.2) is 28.9 Å². The van der Waals surface area contributed by atoms with Crippen molar-refractivity contribution < 1.29 is 0 Å². The van der Waals surface area contributed by atoms with E-state index in [1.807, 2.05) is 42.2 Å². The molecule has 4 heteroatoms. The smallest absolute Gasteiger partial charge is 0.109 e. The highest BCUT2D eigenvalue weighted by atomic mass is 15.3. The summed E-state index contributed by atoms with van der Waals surface area (Å²) in [5.41, 5.74) is 3.93. The number of allylic oxidation sites excluding steroid dienone is 1. The first-order chi connectivity index (χ1) is 10.2. The molecular formula is C17H20N4. The summed E-state index contributed by atoms with van der Waals surface area (Å²) in [4.78, 5) is 8.44. The number of hydrogen-bond donors (Lipinski definition) is 0. The highest BCUT2D eigenvalue weighted by Gasteiger charge is 2.18. The molecule has 0 aliphatic rings. The SMILES string of the molecule is C=CC(C)C(=NC=NC)c1cn(C)nc1-c1ccccc1. The van der Waals surface area contributed by atoms with Crippen LogP contribution >= 0.6 is 0 Å². The zero-order chi connectivity index (χ0) is 15.2. The highest BCUT2D eigenvalue weighted by Crippen LogP contribution is 2.24. The molecule has 0 amide bonds. The van der Waals surface area contributed by atoms with E-state index in [9.17, 15) is 0 Å². The third-order valence-corrected chi connectivity index (χ3v) is 3.25. The van der Waals surface area contributed by atoms with Gasteiger partial charge in [0.25, 0.3) is 0 Å². The van der Waals surface area contributed by atoms with Crippen LogP contribution in [-0.2, 0) is 7.05 Å². The molecule has 4 nitrogen and oxygen atoms in total. The molecule has 0 saturated heterocycles. The normalized spacial score (nSPS) is 13.6. The first kappa shape index (κ1) is 14.9. The summed E-state index contributed by atoms with van der Waals surface area (Å²) in [5, 5.41) is 4.58. The molecule has 0 radical (unpaired) electrons. The van der Waals surface area contributed by atoms with Crippen molar-refractivity contribution in [2.24, 2.45) is 23.0 Å². The summed E-state index contributed by atoms with van der Waals surface area (Å²) in [6, 6.07) is 10.1. The molecule has 0 bridgehead atoms. The number of nitrogens with zero attached hydrogens (tertiary/aromatic N) is 4. The van der Waals surface area contributed by atoms with Gasteiger partial charge >= 0.3 is 0 Å². The van der Waals surface area contributed by atoms with E-state index >= 15 is 0 Å². The average Bonchev–Trinajstić information content (AvgIpc) is 2.90. The molecule has 21 heavy (non-hydrogen) atoms. The quantitative estimate of drug-likeness (QED) is 0.470. The number of aliphatic imine (C=N–C) groups is 2. The molecule has 1 heterocycles. The van der Waals surface area contributed by atoms with Crippen LogP contribution in [0.15, 0.2) is 59.2 Å². The van der Waals surface area contributed by atoms with Gasteiger partial charge in [-0.15, -0.1) is 6.58 Å². The van der Waals surface area contributed by atoms with Crippen LogP contribution in [0.3, 0.4) is 0 Å². The van der Waals surface area contributed by atoms with Crippen LogP contribution in [0.1, 0.15) is 12.5 Å². The van der Waals surface area contributed by atoms with Crippen molar-refractivity contribution >= 4 is 12.1 Å². The topological polar surface area (TPSA) is 42.5 Å². The van der Waals surface area contributed by atoms with Gasteiger partial charge in [-0.2, -0.15) is 5.10 Å². The largest absolute Gasteiger partial charge is 0.277 e. The molecule has 0 fully saturated rings. The minimum Gasteiger partial charge on any atom is -0.277 e. The van der Waals surface area contributed by atoms with Crippen LogP contribution in [0.2, 0.25) is 0 Å². The molecule has 1 aromatic carbocycles. The molecule has 0 N–H and O–H groups in total. The molecule has 2 rings (SSSR count). The number of aryl methyl sites for hydroxylation is 1. The molecule has 1 aromatic heterocycles. The number of rotatable bonds is 5. The third kappa shape index (κ3) is 3.34. The summed E-state index contributed by atoms with van der Waals surface area (Å²) in [6.07, 6.45) is 5.44. The maximum absolute atomic E-state index is 4.58. The van der Waals surface area contributed by atoms with Gasteiger partial charge in [0.15, 0.2) is 0 Å². The Morgan fingerprint density at radius 3 is 2.67 bits per heavy atom. The fraction of sp³-hybridized carbons (Fsp3) is 0.235. The second kappa shape index (κ2) is 6.79. The number of aromatic nitrogens is 2. The van der Waals surface area contributed by atoms with E-state index < -0.39 is 0 Å². The lowest BCUT2D eigenvalue weighted by Crippen LogP contribution is -2.11. The van der Waals surface area contributed by atoms with E-state index in [1.54, 1.807) is 13.4 Å². The van der Waals surface area contributed by atoms with Crippen molar-refractivity contribution in [3.63, 3.8) is 0 Å². The van der Waals surface area contributed by atoms with Crippen molar-refractivity contribution in [2.75, 3.05) is 7.05 Å². The first-order valence-corrected chi connectivity index (χ1v) is 6.87.